The van der Waals surface area contributed by atoms with Gasteiger partial charge in [0.2, 0.25) is 0 Å². The van der Waals surface area contributed by atoms with E-state index >= 15 is 0 Å². The number of rotatable bonds is 4. The highest BCUT2D eigenvalue weighted by Gasteiger charge is 2.09. The summed E-state index contributed by atoms with van der Waals surface area (Å²) in [5, 5.41) is 13.1. The molecule has 0 saturated carbocycles. The van der Waals surface area contributed by atoms with E-state index in [0.717, 1.165) is 5.56 Å². The Morgan fingerprint density at radius 1 is 1.37 bits per heavy atom. The minimum absolute atomic E-state index is 0.502. The normalized spacial score (nSPS) is 9.95. The van der Waals surface area contributed by atoms with Crippen LogP contribution in [0.15, 0.2) is 35.6 Å². The summed E-state index contributed by atoms with van der Waals surface area (Å²) < 4.78 is 0. The number of hydrogen-bond donors (Lipinski definition) is 1. The lowest BCUT2D eigenvalue weighted by Crippen LogP contribution is -2.05. The van der Waals surface area contributed by atoms with Gasteiger partial charge in [-0.3, -0.25) is 0 Å². The van der Waals surface area contributed by atoms with E-state index in [-0.39, 0.29) is 0 Å². The van der Waals surface area contributed by atoms with Gasteiger partial charge in [0.25, 0.3) is 0 Å². The summed E-state index contributed by atoms with van der Waals surface area (Å²) in [5.74, 6) is 0.586. The SMILES string of the molecule is CSc1ncnc(NCc2cccc(C)c2)c1C#N. The molecule has 1 heterocycles. The Balaban J connectivity index is 2.18. The topological polar surface area (TPSA) is 61.6 Å². The Hall–Kier alpha value is -2.06. The minimum atomic E-state index is 0.502. The second-order valence-electron chi connectivity index (χ2n) is 4.06. The van der Waals surface area contributed by atoms with Gasteiger partial charge < -0.3 is 5.32 Å². The summed E-state index contributed by atoms with van der Waals surface area (Å²) in [4.78, 5) is 8.22. The van der Waals surface area contributed by atoms with Crippen molar-refractivity contribution in [1.82, 2.24) is 9.97 Å². The van der Waals surface area contributed by atoms with Gasteiger partial charge in [-0.05, 0) is 18.7 Å². The lowest BCUT2D eigenvalue weighted by Gasteiger charge is -2.09. The van der Waals surface area contributed by atoms with Crippen LogP contribution in [-0.4, -0.2) is 16.2 Å². The maximum absolute atomic E-state index is 9.19. The molecule has 1 aromatic heterocycles. The number of benzene rings is 1. The molecule has 19 heavy (non-hydrogen) atoms. The van der Waals surface area contributed by atoms with Gasteiger partial charge in [0, 0.05) is 6.54 Å². The molecule has 0 unspecified atom stereocenters. The van der Waals surface area contributed by atoms with Crippen LogP contribution >= 0.6 is 11.8 Å². The molecule has 0 fully saturated rings. The van der Waals surface area contributed by atoms with Gasteiger partial charge in [-0.15, -0.1) is 11.8 Å². The number of aromatic nitrogens is 2. The molecule has 0 amide bonds. The first-order chi connectivity index (χ1) is 9.24. The largest absolute Gasteiger partial charge is 0.365 e. The Kier molecular flexibility index (Phi) is 4.37. The van der Waals surface area contributed by atoms with Gasteiger partial charge >= 0.3 is 0 Å². The van der Waals surface area contributed by atoms with E-state index in [1.807, 2.05) is 18.4 Å². The molecular weight excluding hydrogens is 256 g/mol. The molecule has 0 aliphatic carbocycles. The molecule has 0 aliphatic heterocycles. The van der Waals surface area contributed by atoms with Crippen LogP contribution in [0.4, 0.5) is 5.82 Å². The van der Waals surface area contributed by atoms with Gasteiger partial charge in [-0.2, -0.15) is 5.26 Å². The molecule has 2 aromatic rings. The second-order valence-corrected chi connectivity index (χ2v) is 4.86. The zero-order valence-electron chi connectivity index (χ0n) is 10.8. The molecule has 2 rings (SSSR count). The van der Waals surface area contributed by atoms with Crippen LogP contribution in [0.2, 0.25) is 0 Å². The highest BCUT2D eigenvalue weighted by atomic mass is 32.2. The average molecular weight is 270 g/mol. The van der Waals surface area contributed by atoms with Crippen LogP contribution in [0.5, 0.6) is 0 Å². The van der Waals surface area contributed by atoms with Gasteiger partial charge in [0.1, 0.15) is 28.8 Å². The fourth-order valence-corrected chi connectivity index (χ4v) is 2.27. The quantitative estimate of drug-likeness (QED) is 0.683. The summed E-state index contributed by atoms with van der Waals surface area (Å²) in [7, 11) is 0. The summed E-state index contributed by atoms with van der Waals surface area (Å²) in [6, 6.07) is 10.4. The first-order valence-corrected chi connectivity index (χ1v) is 7.05. The zero-order valence-corrected chi connectivity index (χ0v) is 11.7. The van der Waals surface area contributed by atoms with Crippen LogP contribution in [0.25, 0.3) is 0 Å². The van der Waals surface area contributed by atoms with Crippen molar-refractivity contribution in [3.05, 3.63) is 47.3 Å². The predicted molar refractivity (Wildman–Crippen MR) is 77.0 cm³/mol. The maximum atomic E-state index is 9.19. The van der Waals surface area contributed by atoms with Gasteiger partial charge in [-0.25, -0.2) is 9.97 Å². The third-order valence-corrected chi connectivity index (χ3v) is 3.36. The molecule has 0 spiro atoms. The third-order valence-electron chi connectivity index (χ3n) is 2.66. The Morgan fingerprint density at radius 2 is 2.21 bits per heavy atom. The second kappa shape index (κ2) is 6.21. The molecule has 0 saturated heterocycles. The van der Waals surface area contributed by atoms with Crippen molar-refractivity contribution in [3.63, 3.8) is 0 Å². The monoisotopic (exact) mass is 270 g/mol. The molecule has 4 nitrogen and oxygen atoms in total. The van der Waals surface area contributed by atoms with E-state index in [9.17, 15) is 5.26 Å². The Morgan fingerprint density at radius 3 is 2.89 bits per heavy atom. The van der Waals surface area contributed by atoms with Crippen LogP contribution in [-0.2, 0) is 6.54 Å². The molecule has 1 aromatic carbocycles. The number of nitriles is 1. The summed E-state index contributed by atoms with van der Waals surface area (Å²) in [6.45, 7) is 2.70. The molecule has 0 bridgehead atoms. The summed E-state index contributed by atoms with van der Waals surface area (Å²) in [6.07, 6.45) is 3.37. The fraction of sp³-hybridized carbons (Fsp3) is 0.214. The molecule has 96 valence electrons. The van der Waals surface area contributed by atoms with E-state index in [1.165, 1.54) is 23.7 Å². The minimum Gasteiger partial charge on any atom is -0.365 e. The first kappa shape index (κ1) is 13.4. The van der Waals surface area contributed by atoms with Gasteiger partial charge in [0.05, 0.1) is 0 Å². The van der Waals surface area contributed by atoms with Crippen molar-refractivity contribution < 1.29 is 0 Å². The van der Waals surface area contributed by atoms with Crippen molar-refractivity contribution in [1.29, 1.82) is 5.26 Å². The maximum Gasteiger partial charge on any atom is 0.148 e. The smallest absolute Gasteiger partial charge is 0.148 e. The van der Waals surface area contributed by atoms with Gasteiger partial charge in [0.15, 0.2) is 0 Å². The lowest BCUT2D eigenvalue weighted by atomic mass is 10.1. The van der Waals surface area contributed by atoms with Crippen molar-refractivity contribution in [2.24, 2.45) is 0 Å². The molecule has 0 atom stereocenters. The molecule has 0 radical (unpaired) electrons. The first-order valence-electron chi connectivity index (χ1n) is 5.83. The number of nitrogens with zero attached hydrogens (tertiary/aromatic N) is 3. The van der Waals surface area contributed by atoms with Crippen molar-refractivity contribution in [2.75, 3.05) is 11.6 Å². The number of aryl methyl sites for hydroxylation is 1. The Bertz CT molecular complexity index is 619. The van der Waals surface area contributed by atoms with E-state index in [0.29, 0.717) is 23.0 Å². The zero-order chi connectivity index (χ0) is 13.7. The highest BCUT2D eigenvalue weighted by molar-refractivity contribution is 7.98. The van der Waals surface area contributed by atoms with Gasteiger partial charge in [-0.1, -0.05) is 29.8 Å². The third kappa shape index (κ3) is 3.24. The Labute approximate surface area is 116 Å². The van der Waals surface area contributed by atoms with E-state index in [2.05, 4.69) is 40.4 Å². The van der Waals surface area contributed by atoms with Crippen LogP contribution in [0, 0.1) is 18.3 Å². The molecular formula is C14H14N4S. The standard InChI is InChI=1S/C14H14N4S/c1-10-4-3-5-11(6-10)8-16-13-12(7-15)14(19-2)18-9-17-13/h3-6,9H,8H2,1-2H3,(H,16,17,18). The van der Waals surface area contributed by atoms with Crippen molar-refractivity contribution >= 4 is 17.6 Å². The molecule has 1 N–H and O–H groups in total. The van der Waals surface area contributed by atoms with Crippen LogP contribution in [0.3, 0.4) is 0 Å². The molecule has 0 aliphatic rings. The fourth-order valence-electron chi connectivity index (χ4n) is 1.77. The summed E-state index contributed by atoms with van der Waals surface area (Å²) >= 11 is 1.44. The number of anilines is 1. The molecule has 5 heteroatoms. The predicted octanol–water partition coefficient (Wildman–Crippen LogP) is 2.99. The van der Waals surface area contributed by atoms with Crippen molar-refractivity contribution in [2.45, 2.75) is 18.5 Å². The van der Waals surface area contributed by atoms with E-state index in [1.54, 1.807) is 0 Å². The number of hydrogen-bond acceptors (Lipinski definition) is 5. The van der Waals surface area contributed by atoms with E-state index < -0.39 is 0 Å². The average Bonchev–Trinajstić information content (AvgIpc) is 2.44. The van der Waals surface area contributed by atoms with Crippen LogP contribution in [0.1, 0.15) is 16.7 Å². The summed E-state index contributed by atoms with van der Waals surface area (Å²) in [5.41, 5.74) is 2.88. The number of nitrogens with one attached hydrogen (secondary N) is 1. The lowest BCUT2D eigenvalue weighted by molar-refractivity contribution is 1.00. The van der Waals surface area contributed by atoms with E-state index in [4.69, 9.17) is 0 Å². The number of thioether (sulfide) groups is 1. The van der Waals surface area contributed by atoms with Crippen molar-refractivity contribution in [3.8, 4) is 6.07 Å². The van der Waals surface area contributed by atoms with Crippen LogP contribution < -0.4 is 5.32 Å². The highest BCUT2D eigenvalue weighted by Crippen LogP contribution is 2.22.